The van der Waals surface area contributed by atoms with Crippen LogP contribution in [-0.4, -0.2) is 30.4 Å². The minimum Gasteiger partial charge on any atom is -0.345 e. The van der Waals surface area contributed by atoms with Gasteiger partial charge in [0.25, 0.3) is 5.91 Å². The zero-order valence-electron chi connectivity index (χ0n) is 13.1. The Morgan fingerprint density at radius 2 is 2.00 bits per heavy atom. The number of carbonyl (C=O) groups excluding carboxylic acids is 1. The number of carbonyl (C=O) groups is 1. The molecule has 3 aromatic rings. The molecule has 0 bridgehead atoms. The lowest BCUT2D eigenvalue weighted by Gasteiger charge is -2.07. The third kappa shape index (κ3) is 3.50. The average molecular weight is 310 g/mol. The lowest BCUT2D eigenvalue weighted by Crippen LogP contribution is -2.24. The van der Waals surface area contributed by atoms with Crippen LogP contribution in [0.3, 0.4) is 0 Å². The number of nitrogens with zero attached hydrogens (tertiary/aromatic N) is 5. The van der Waals surface area contributed by atoms with E-state index < -0.39 is 0 Å². The van der Waals surface area contributed by atoms with Crippen molar-refractivity contribution < 1.29 is 4.79 Å². The van der Waals surface area contributed by atoms with Crippen LogP contribution >= 0.6 is 0 Å². The van der Waals surface area contributed by atoms with Crippen molar-refractivity contribution in [2.45, 2.75) is 26.9 Å². The van der Waals surface area contributed by atoms with Crippen LogP contribution in [0.4, 0.5) is 0 Å². The number of hydrogen-bond acceptors (Lipinski definition) is 5. The Labute approximate surface area is 133 Å². The van der Waals surface area contributed by atoms with Gasteiger partial charge < -0.3 is 9.88 Å². The van der Waals surface area contributed by atoms with Gasteiger partial charge in [-0.25, -0.2) is 19.9 Å². The molecule has 0 atom stereocenters. The topological polar surface area (TPSA) is 85.6 Å². The van der Waals surface area contributed by atoms with E-state index in [1.807, 2.05) is 4.57 Å². The lowest BCUT2D eigenvalue weighted by molar-refractivity contribution is 0.0949. The first-order valence-corrected chi connectivity index (χ1v) is 7.48. The Bertz CT molecular complexity index is 812. The second-order valence-electron chi connectivity index (χ2n) is 5.71. The summed E-state index contributed by atoms with van der Waals surface area (Å²) in [5, 5.41) is 2.78. The molecule has 0 saturated carbocycles. The number of fused-ring (bicyclic) bond motifs is 1. The molecule has 3 aromatic heterocycles. The Hall–Kier alpha value is -2.83. The maximum Gasteiger partial charge on any atom is 0.253 e. The third-order valence-electron chi connectivity index (χ3n) is 3.31. The lowest BCUT2D eigenvalue weighted by atomic mass is 10.2. The zero-order chi connectivity index (χ0) is 16.2. The van der Waals surface area contributed by atoms with Gasteiger partial charge in [-0.05, 0) is 18.1 Å². The molecule has 3 heterocycles. The van der Waals surface area contributed by atoms with E-state index in [1.165, 1.54) is 0 Å². The quantitative estimate of drug-likeness (QED) is 0.776. The largest absolute Gasteiger partial charge is 0.345 e. The van der Waals surface area contributed by atoms with Crippen LogP contribution in [-0.2, 0) is 13.1 Å². The van der Waals surface area contributed by atoms with Gasteiger partial charge in [0, 0.05) is 25.1 Å². The molecular weight excluding hydrogens is 292 g/mol. The van der Waals surface area contributed by atoms with Crippen LogP contribution < -0.4 is 5.32 Å². The number of pyridine rings is 1. The molecule has 0 spiro atoms. The SMILES string of the molecule is CC(C)Cn1cnc2cc(C(=O)NCc3ncccn3)cnc21. The van der Waals surface area contributed by atoms with Crippen molar-refractivity contribution in [3.8, 4) is 0 Å². The highest BCUT2D eigenvalue weighted by Crippen LogP contribution is 2.13. The molecule has 7 nitrogen and oxygen atoms in total. The van der Waals surface area contributed by atoms with Crippen molar-refractivity contribution in [2.24, 2.45) is 5.92 Å². The third-order valence-corrected chi connectivity index (χ3v) is 3.31. The predicted octanol–water partition coefficient (Wildman–Crippen LogP) is 1.81. The summed E-state index contributed by atoms with van der Waals surface area (Å²) in [6.45, 7) is 5.40. The zero-order valence-corrected chi connectivity index (χ0v) is 13.1. The van der Waals surface area contributed by atoms with Gasteiger partial charge in [-0.2, -0.15) is 0 Å². The molecule has 1 N–H and O–H groups in total. The number of amides is 1. The van der Waals surface area contributed by atoms with Gasteiger partial charge >= 0.3 is 0 Å². The van der Waals surface area contributed by atoms with Crippen molar-refractivity contribution in [1.82, 2.24) is 29.8 Å². The first-order chi connectivity index (χ1) is 11.1. The fraction of sp³-hybridized carbons (Fsp3) is 0.312. The van der Waals surface area contributed by atoms with Crippen LogP contribution in [0.5, 0.6) is 0 Å². The molecule has 1 amide bonds. The highest BCUT2D eigenvalue weighted by atomic mass is 16.1. The van der Waals surface area contributed by atoms with E-state index in [1.54, 1.807) is 37.1 Å². The van der Waals surface area contributed by atoms with Crippen molar-refractivity contribution >= 4 is 17.1 Å². The van der Waals surface area contributed by atoms with E-state index in [9.17, 15) is 4.79 Å². The molecule has 0 saturated heterocycles. The first kappa shape index (κ1) is 15.1. The monoisotopic (exact) mass is 310 g/mol. The molecule has 0 radical (unpaired) electrons. The molecule has 0 fully saturated rings. The molecule has 3 rings (SSSR count). The number of rotatable bonds is 5. The summed E-state index contributed by atoms with van der Waals surface area (Å²) >= 11 is 0. The summed E-state index contributed by atoms with van der Waals surface area (Å²) in [6, 6.07) is 3.48. The maximum absolute atomic E-state index is 12.2. The molecule has 0 aliphatic heterocycles. The Morgan fingerprint density at radius 1 is 1.22 bits per heavy atom. The van der Waals surface area contributed by atoms with Crippen LogP contribution in [0.25, 0.3) is 11.2 Å². The minimum atomic E-state index is -0.217. The molecule has 0 aliphatic carbocycles. The number of imidazole rings is 1. The molecule has 0 unspecified atom stereocenters. The van der Waals surface area contributed by atoms with Crippen LogP contribution in [0, 0.1) is 5.92 Å². The van der Waals surface area contributed by atoms with Crippen molar-refractivity contribution in [1.29, 1.82) is 0 Å². The van der Waals surface area contributed by atoms with Crippen LogP contribution in [0.2, 0.25) is 0 Å². The molecule has 0 aromatic carbocycles. The van der Waals surface area contributed by atoms with Gasteiger partial charge in [0.05, 0.1) is 18.4 Å². The molecule has 23 heavy (non-hydrogen) atoms. The van der Waals surface area contributed by atoms with Crippen molar-refractivity contribution in [3.05, 3.63) is 48.4 Å². The highest BCUT2D eigenvalue weighted by Gasteiger charge is 2.11. The second kappa shape index (κ2) is 6.51. The van der Waals surface area contributed by atoms with Crippen LogP contribution in [0.15, 0.2) is 37.1 Å². The molecule has 0 aliphatic rings. The fourth-order valence-corrected chi connectivity index (χ4v) is 2.28. The van der Waals surface area contributed by atoms with Gasteiger partial charge in [0.1, 0.15) is 11.3 Å². The second-order valence-corrected chi connectivity index (χ2v) is 5.71. The smallest absolute Gasteiger partial charge is 0.253 e. The highest BCUT2D eigenvalue weighted by molar-refractivity contribution is 5.96. The summed E-state index contributed by atoms with van der Waals surface area (Å²) in [5.41, 5.74) is 1.99. The van der Waals surface area contributed by atoms with Gasteiger partial charge in [-0.15, -0.1) is 0 Å². The number of hydrogen-bond donors (Lipinski definition) is 1. The molecule has 118 valence electrons. The summed E-state index contributed by atoms with van der Waals surface area (Å²) in [7, 11) is 0. The maximum atomic E-state index is 12.2. The molecule has 7 heteroatoms. The van der Waals surface area contributed by atoms with Crippen molar-refractivity contribution in [3.63, 3.8) is 0 Å². The first-order valence-electron chi connectivity index (χ1n) is 7.48. The van der Waals surface area contributed by atoms with E-state index in [0.29, 0.717) is 22.8 Å². The van der Waals surface area contributed by atoms with Crippen LogP contribution in [0.1, 0.15) is 30.0 Å². The van der Waals surface area contributed by atoms with E-state index in [-0.39, 0.29) is 12.5 Å². The summed E-state index contributed by atoms with van der Waals surface area (Å²) < 4.78 is 2.00. The van der Waals surface area contributed by atoms with Gasteiger partial charge in [-0.1, -0.05) is 13.8 Å². The number of nitrogens with one attached hydrogen (secondary N) is 1. The fourth-order valence-electron chi connectivity index (χ4n) is 2.28. The summed E-state index contributed by atoms with van der Waals surface area (Å²) in [4.78, 5) is 29.0. The standard InChI is InChI=1S/C16H18N6O/c1-11(2)9-22-10-21-13-6-12(7-19-15(13)22)16(23)20-8-14-17-4-3-5-18-14/h3-7,10-11H,8-9H2,1-2H3,(H,20,23). The van der Waals surface area contributed by atoms with E-state index in [4.69, 9.17) is 0 Å². The van der Waals surface area contributed by atoms with Gasteiger partial charge in [-0.3, -0.25) is 4.79 Å². The van der Waals surface area contributed by atoms with E-state index in [0.717, 1.165) is 12.2 Å². The Kier molecular flexibility index (Phi) is 4.27. The summed E-state index contributed by atoms with van der Waals surface area (Å²) in [5.74, 6) is 0.851. The normalized spacial score (nSPS) is 11.1. The minimum absolute atomic E-state index is 0.217. The van der Waals surface area contributed by atoms with E-state index in [2.05, 4.69) is 39.1 Å². The average Bonchev–Trinajstić information content (AvgIpc) is 2.95. The van der Waals surface area contributed by atoms with E-state index >= 15 is 0 Å². The van der Waals surface area contributed by atoms with Gasteiger partial charge in [0.15, 0.2) is 5.65 Å². The van der Waals surface area contributed by atoms with Gasteiger partial charge in [0.2, 0.25) is 0 Å². The van der Waals surface area contributed by atoms with Crippen molar-refractivity contribution in [2.75, 3.05) is 0 Å². The Balaban J connectivity index is 1.74. The predicted molar refractivity (Wildman–Crippen MR) is 85.6 cm³/mol. The Morgan fingerprint density at radius 3 is 2.74 bits per heavy atom. The molecular formula is C16H18N6O. The summed E-state index contributed by atoms with van der Waals surface area (Å²) in [6.07, 6.45) is 6.62. The number of aromatic nitrogens is 5.